The Hall–Kier alpha value is -3.02. The molecule has 0 radical (unpaired) electrons. The van der Waals surface area contributed by atoms with Crippen LogP contribution >= 0.6 is 23.4 Å². The summed E-state index contributed by atoms with van der Waals surface area (Å²) in [7, 11) is 1.73. The third kappa shape index (κ3) is 4.58. The lowest BCUT2D eigenvalue weighted by Crippen LogP contribution is -2.23. The molecule has 1 heterocycles. The molecule has 0 saturated carbocycles. The first-order valence-corrected chi connectivity index (χ1v) is 10.6. The Morgan fingerprint density at radius 2 is 1.70 bits per heavy atom. The number of amidine groups is 1. The van der Waals surface area contributed by atoms with Gasteiger partial charge in [0.25, 0.3) is 5.91 Å². The molecule has 1 amide bonds. The van der Waals surface area contributed by atoms with Crippen molar-refractivity contribution in [3.05, 3.63) is 99.9 Å². The Labute approximate surface area is 184 Å². The topological polar surface area (TPSA) is 41.9 Å². The van der Waals surface area contributed by atoms with Crippen molar-refractivity contribution in [3.63, 3.8) is 0 Å². The molecule has 150 valence electrons. The third-order valence-electron chi connectivity index (χ3n) is 4.53. The molecule has 6 heteroatoms. The van der Waals surface area contributed by atoms with Gasteiger partial charge in [-0.2, -0.15) is 0 Å². The van der Waals surface area contributed by atoms with Gasteiger partial charge in [-0.1, -0.05) is 66.2 Å². The fraction of sp³-hybridized carbons (Fsp3) is 0.0833. The molecule has 0 bridgehead atoms. The molecule has 1 aliphatic heterocycles. The molecule has 4 nitrogen and oxygen atoms in total. The van der Waals surface area contributed by atoms with Crippen LogP contribution in [-0.4, -0.2) is 23.0 Å². The summed E-state index contributed by atoms with van der Waals surface area (Å²) in [6.45, 7) is 0.349. The molecule has 4 rings (SSSR count). The van der Waals surface area contributed by atoms with E-state index in [0.29, 0.717) is 27.5 Å². The van der Waals surface area contributed by atoms with Gasteiger partial charge in [-0.15, -0.1) is 0 Å². The molecule has 1 fully saturated rings. The number of likely N-dealkylation sites (N-methyl/N-ethyl adjacent to an activating group) is 1. The first-order valence-electron chi connectivity index (χ1n) is 9.38. The number of nitrogens with zero attached hydrogens (tertiary/aromatic N) is 2. The number of halogens is 1. The second-order valence-corrected chi connectivity index (χ2v) is 8.04. The predicted octanol–water partition coefficient (Wildman–Crippen LogP) is 6.15. The monoisotopic (exact) mass is 434 g/mol. The van der Waals surface area contributed by atoms with Crippen molar-refractivity contribution < 1.29 is 9.53 Å². The van der Waals surface area contributed by atoms with E-state index in [4.69, 9.17) is 16.3 Å². The van der Waals surface area contributed by atoms with Gasteiger partial charge < -0.3 is 4.74 Å². The maximum Gasteiger partial charge on any atom is 0.266 e. The zero-order valence-corrected chi connectivity index (χ0v) is 17.9. The van der Waals surface area contributed by atoms with Crippen LogP contribution in [0.1, 0.15) is 11.1 Å². The Balaban J connectivity index is 1.57. The maximum atomic E-state index is 12.7. The van der Waals surface area contributed by atoms with E-state index in [2.05, 4.69) is 4.99 Å². The number of rotatable bonds is 5. The number of amides is 1. The van der Waals surface area contributed by atoms with Gasteiger partial charge in [-0.05, 0) is 42.1 Å². The summed E-state index contributed by atoms with van der Waals surface area (Å²) in [5, 5.41) is 1.31. The number of ether oxygens (including phenoxy) is 1. The van der Waals surface area contributed by atoms with Gasteiger partial charge in [0.15, 0.2) is 5.17 Å². The molecule has 3 aromatic rings. The van der Waals surface area contributed by atoms with Crippen molar-refractivity contribution >= 4 is 46.2 Å². The minimum atomic E-state index is -0.0874. The molecule has 1 aliphatic rings. The van der Waals surface area contributed by atoms with Gasteiger partial charge >= 0.3 is 0 Å². The first kappa shape index (κ1) is 20.3. The van der Waals surface area contributed by atoms with Crippen molar-refractivity contribution in [3.8, 4) is 5.75 Å². The van der Waals surface area contributed by atoms with Crippen LogP contribution in [0.15, 0.2) is 88.8 Å². The molecule has 0 spiro atoms. The standard InChI is InChI=1S/C24H19ClN2O2S/c1-27-23(28)22(30-24(27)26-19-11-3-2-4-12-19)15-17-9-6-8-14-21(17)29-16-18-10-5-7-13-20(18)25/h2-15H,16H2,1H3/b22-15+,26-24?. The van der Waals surface area contributed by atoms with Crippen LogP contribution < -0.4 is 4.74 Å². The Morgan fingerprint density at radius 1 is 1.00 bits per heavy atom. The number of aliphatic imine (C=N–C) groups is 1. The Morgan fingerprint density at radius 3 is 2.50 bits per heavy atom. The summed E-state index contributed by atoms with van der Waals surface area (Å²) in [6.07, 6.45) is 1.85. The van der Waals surface area contributed by atoms with E-state index in [-0.39, 0.29) is 5.91 Å². The second-order valence-electron chi connectivity index (χ2n) is 6.62. The van der Waals surface area contributed by atoms with Crippen LogP contribution in [0.2, 0.25) is 5.02 Å². The summed E-state index contributed by atoms with van der Waals surface area (Å²) in [4.78, 5) is 19.5. The quantitative estimate of drug-likeness (QED) is 0.452. The average Bonchev–Trinajstić information content (AvgIpc) is 3.02. The minimum Gasteiger partial charge on any atom is -0.488 e. The van der Waals surface area contributed by atoms with Crippen molar-refractivity contribution in [2.24, 2.45) is 4.99 Å². The van der Waals surface area contributed by atoms with Crippen LogP contribution in [0.4, 0.5) is 5.69 Å². The number of hydrogen-bond donors (Lipinski definition) is 0. The molecule has 1 saturated heterocycles. The third-order valence-corrected chi connectivity index (χ3v) is 5.96. The normalized spacial score (nSPS) is 16.5. The van der Waals surface area contributed by atoms with Crippen LogP contribution in [0.5, 0.6) is 5.75 Å². The predicted molar refractivity (Wildman–Crippen MR) is 124 cm³/mol. The highest BCUT2D eigenvalue weighted by Crippen LogP contribution is 2.34. The zero-order chi connectivity index (χ0) is 20.9. The molecule has 0 aromatic heterocycles. The lowest BCUT2D eigenvalue weighted by Gasteiger charge is -2.10. The highest BCUT2D eigenvalue weighted by molar-refractivity contribution is 8.18. The number of para-hydroxylation sites is 2. The fourth-order valence-corrected chi connectivity index (χ4v) is 4.08. The molecule has 3 aromatic carbocycles. The highest BCUT2D eigenvalue weighted by atomic mass is 35.5. The van der Waals surface area contributed by atoms with Gasteiger partial charge in [0.05, 0.1) is 10.6 Å². The molecule has 0 N–H and O–H groups in total. The van der Waals surface area contributed by atoms with Gasteiger partial charge in [-0.25, -0.2) is 4.99 Å². The molecular formula is C24H19ClN2O2S. The molecule has 0 aliphatic carbocycles. The van der Waals surface area contributed by atoms with E-state index >= 15 is 0 Å². The van der Waals surface area contributed by atoms with Gasteiger partial charge in [-0.3, -0.25) is 9.69 Å². The summed E-state index contributed by atoms with van der Waals surface area (Å²) in [5.41, 5.74) is 2.55. The number of hydrogen-bond acceptors (Lipinski definition) is 4. The zero-order valence-electron chi connectivity index (χ0n) is 16.3. The van der Waals surface area contributed by atoms with Crippen LogP contribution in [0, 0.1) is 0 Å². The first-order chi connectivity index (χ1) is 14.6. The smallest absolute Gasteiger partial charge is 0.266 e. The fourth-order valence-electron chi connectivity index (χ4n) is 2.91. The molecule has 30 heavy (non-hydrogen) atoms. The molecular weight excluding hydrogens is 416 g/mol. The van der Waals surface area contributed by atoms with E-state index in [0.717, 1.165) is 16.8 Å². The summed E-state index contributed by atoms with van der Waals surface area (Å²) >= 11 is 7.58. The maximum absolute atomic E-state index is 12.7. The van der Waals surface area contributed by atoms with Crippen LogP contribution in [0.25, 0.3) is 6.08 Å². The summed E-state index contributed by atoms with van der Waals surface area (Å²) in [6, 6.07) is 24.8. The van der Waals surface area contributed by atoms with Crippen molar-refractivity contribution in [2.45, 2.75) is 6.61 Å². The van der Waals surface area contributed by atoms with Crippen molar-refractivity contribution in [1.82, 2.24) is 4.90 Å². The van der Waals surface area contributed by atoms with Crippen LogP contribution in [-0.2, 0) is 11.4 Å². The average molecular weight is 435 g/mol. The van der Waals surface area contributed by atoms with E-state index in [9.17, 15) is 4.79 Å². The second kappa shape index (κ2) is 9.20. The summed E-state index contributed by atoms with van der Waals surface area (Å²) in [5.74, 6) is 0.602. The van der Waals surface area contributed by atoms with Gasteiger partial charge in [0, 0.05) is 23.2 Å². The van der Waals surface area contributed by atoms with E-state index in [1.807, 2.05) is 84.9 Å². The van der Waals surface area contributed by atoms with Crippen LogP contribution in [0.3, 0.4) is 0 Å². The Bertz CT molecular complexity index is 1130. The highest BCUT2D eigenvalue weighted by Gasteiger charge is 2.30. The van der Waals surface area contributed by atoms with E-state index < -0.39 is 0 Å². The van der Waals surface area contributed by atoms with E-state index in [1.54, 1.807) is 11.9 Å². The largest absolute Gasteiger partial charge is 0.488 e. The van der Waals surface area contributed by atoms with Gasteiger partial charge in [0.1, 0.15) is 12.4 Å². The molecule has 0 atom stereocenters. The molecule has 0 unspecified atom stereocenters. The Kier molecular flexibility index (Phi) is 6.21. The summed E-state index contributed by atoms with van der Waals surface area (Å²) < 4.78 is 6.01. The SMILES string of the molecule is CN1C(=O)/C(=C\c2ccccc2OCc2ccccc2Cl)SC1=Nc1ccccc1. The number of carbonyl (C=O) groups excluding carboxylic acids is 1. The number of carbonyl (C=O) groups is 1. The number of benzene rings is 3. The number of thioether (sulfide) groups is 1. The van der Waals surface area contributed by atoms with E-state index in [1.165, 1.54) is 11.8 Å². The lowest BCUT2D eigenvalue weighted by molar-refractivity contribution is -0.121. The van der Waals surface area contributed by atoms with Crippen molar-refractivity contribution in [2.75, 3.05) is 7.05 Å². The lowest BCUT2D eigenvalue weighted by atomic mass is 10.1. The van der Waals surface area contributed by atoms with Gasteiger partial charge in [0.2, 0.25) is 0 Å². The minimum absolute atomic E-state index is 0.0874. The van der Waals surface area contributed by atoms with Crippen molar-refractivity contribution in [1.29, 1.82) is 0 Å².